The number of benzene rings is 2. The minimum absolute atomic E-state index is 0.0968. The van der Waals surface area contributed by atoms with E-state index in [1.807, 2.05) is 19.9 Å². The van der Waals surface area contributed by atoms with Crippen LogP contribution in [0.15, 0.2) is 48.5 Å². The molecule has 46 heavy (non-hydrogen) atoms. The van der Waals surface area contributed by atoms with E-state index in [1.54, 1.807) is 18.2 Å². The summed E-state index contributed by atoms with van der Waals surface area (Å²) in [6, 6.07) is 10.3. The molecule has 12 heteroatoms. The highest BCUT2D eigenvalue weighted by molar-refractivity contribution is 6.38. The first kappa shape index (κ1) is 34.9. The largest absolute Gasteiger partial charge is 0.440 e. The number of primary amides is 1. The molecule has 0 radical (unpaired) electrons. The lowest BCUT2D eigenvalue weighted by Crippen LogP contribution is -2.54. The van der Waals surface area contributed by atoms with Crippen LogP contribution in [0.5, 0.6) is 0 Å². The number of carbonyl (C=O) groups excluding carboxylic acids is 5. The van der Waals surface area contributed by atoms with Gasteiger partial charge >= 0.3 is 6.09 Å². The third-order valence-corrected chi connectivity index (χ3v) is 9.32. The van der Waals surface area contributed by atoms with Gasteiger partial charge < -0.3 is 26.4 Å². The smallest absolute Gasteiger partial charge is 0.408 e. The average Bonchev–Trinajstić information content (AvgIpc) is 3.43. The summed E-state index contributed by atoms with van der Waals surface area (Å²) in [5.41, 5.74) is 5.73. The number of nitrogens with one attached hydrogen (secondary N) is 3. The van der Waals surface area contributed by atoms with Crippen LogP contribution in [0.25, 0.3) is 0 Å². The van der Waals surface area contributed by atoms with Crippen LogP contribution in [0, 0.1) is 17.7 Å². The van der Waals surface area contributed by atoms with Crippen LogP contribution < -0.4 is 21.7 Å². The highest BCUT2D eigenvalue weighted by Crippen LogP contribution is 2.40. The number of ketones is 1. The second-order valence-corrected chi connectivity index (χ2v) is 13.2. The summed E-state index contributed by atoms with van der Waals surface area (Å²) >= 11 is 6.28. The van der Waals surface area contributed by atoms with E-state index in [0.717, 1.165) is 37.7 Å². The van der Waals surface area contributed by atoms with E-state index in [-0.39, 0.29) is 24.7 Å². The molecule has 1 heterocycles. The predicted octanol–water partition coefficient (Wildman–Crippen LogP) is 4.63. The van der Waals surface area contributed by atoms with E-state index >= 15 is 0 Å². The molecular formula is C34H42ClFN4O6. The molecular weight excluding hydrogens is 615 g/mol. The van der Waals surface area contributed by atoms with Crippen LogP contribution in [-0.4, -0.2) is 48.2 Å². The molecule has 5 N–H and O–H groups in total. The Bertz CT molecular complexity index is 1430. The van der Waals surface area contributed by atoms with Crippen LogP contribution in [0.1, 0.15) is 82.4 Å². The first-order valence-electron chi connectivity index (χ1n) is 15.8. The maximum Gasteiger partial charge on any atom is 0.408 e. The van der Waals surface area contributed by atoms with Gasteiger partial charge in [0.15, 0.2) is 0 Å². The zero-order valence-corrected chi connectivity index (χ0v) is 26.9. The van der Waals surface area contributed by atoms with Crippen molar-refractivity contribution in [2.45, 2.75) is 88.8 Å². The minimum Gasteiger partial charge on any atom is -0.440 e. The van der Waals surface area contributed by atoms with Crippen molar-refractivity contribution < 1.29 is 33.1 Å². The fourth-order valence-corrected chi connectivity index (χ4v) is 6.60. The van der Waals surface area contributed by atoms with Gasteiger partial charge in [-0.3, -0.25) is 19.2 Å². The van der Waals surface area contributed by atoms with Crippen LogP contribution in [-0.2, 0) is 29.3 Å². The van der Waals surface area contributed by atoms with Crippen molar-refractivity contribution in [3.05, 3.63) is 70.5 Å². The van der Waals surface area contributed by atoms with Crippen LogP contribution >= 0.6 is 11.6 Å². The number of hydrogen-bond acceptors (Lipinski definition) is 6. The standard InChI is InChI=1S/C34H42ClFN4O6/c1-34(2,23-9-6-10-24(35)19-23)29(21-11-13-25(36)14-12-21)46-33(45)40-27(17-20-7-4-3-5-8-20)32(44)39-26(28(41)30(37)42)18-22-15-16-38-31(22)43/h6,9-14,19-20,22,26-27,29H,3-5,7-8,15-18H2,1-2H3,(H2,37,42)(H,38,43)(H,39,44)(H,40,45)/t22-,26?,27?,29?/m0/s1. The molecule has 0 aromatic heterocycles. The molecule has 0 bridgehead atoms. The summed E-state index contributed by atoms with van der Waals surface area (Å²) in [7, 11) is 0. The topological polar surface area (TPSA) is 157 Å². The van der Waals surface area contributed by atoms with E-state index in [2.05, 4.69) is 16.0 Å². The summed E-state index contributed by atoms with van der Waals surface area (Å²) in [4.78, 5) is 64.2. The third kappa shape index (κ3) is 9.05. The molecule has 2 fully saturated rings. The molecule has 2 aromatic carbocycles. The lowest BCUT2D eigenvalue weighted by Gasteiger charge is -2.35. The molecule has 0 spiro atoms. The second-order valence-electron chi connectivity index (χ2n) is 12.8. The van der Waals surface area contributed by atoms with Gasteiger partial charge in [0.1, 0.15) is 18.0 Å². The molecule has 3 unspecified atom stereocenters. The van der Waals surface area contributed by atoms with E-state index in [0.29, 0.717) is 23.6 Å². The molecule has 2 aliphatic rings. The Morgan fingerprint density at radius 3 is 2.30 bits per heavy atom. The van der Waals surface area contributed by atoms with Gasteiger partial charge in [0.2, 0.25) is 17.6 Å². The van der Waals surface area contributed by atoms with Gasteiger partial charge in [-0.2, -0.15) is 0 Å². The number of Topliss-reactive ketones (excluding diaryl/α,β-unsaturated/α-hetero) is 1. The van der Waals surface area contributed by atoms with E-state index < -0.39 is 59.0 Å². The highest BCUT2D eigenvalue weighted by atomic mass is 35.5. The van der Waals surface area contributed by atoms with Crippen molar-refractivity contribution in [2.75, 3.05) is 6.54 Å². The zero-order chi connectivity index (χ0) is 33.4. The molecule has 10 nitrogen and oxygen atoms in total. The fraction of sp³-hybridized carbons (Fsp3) is 0.500. The lowest BCUT2D eigenvalue weighted by molar-refractivity contribution is -0.139. The van der Waals surface area contributed by atoms with Gasteiger partial charge in [-0.25, -0.2) is 9.18 Å². The first-order chi connectivity index (χ1) is 21.8. The van der Waals surface area contributed by atoms with Gasteiger partial charge in [0, 0.05) is 22.9 Å². The molecule has 4 rings (SSSR count). The molecule has 248 valence electrons. The van der Waals surface area contributed by atoms with Crippen molar-refractivity contribution in [2.24, 2.45) is 17.6 Å². The number of carbonyl (C=O) groups is 5. The number of rotatable bonds is 13. The maximum atomic E-state index is 13.9. The fourth-order valence-electron chi connectivity index (χ4n) is 6.41. The lowest BCUT2D eigenvalue weighted by atomic mass is 9.76. The molecule has 1 aliphatic carbocycles. The van der Waals surface area contributed by atoms with Crippen LogP contribution in [0.2, 0.25) is 5.02 Å². The second kappa shape index (κ2) is 15.5. The van der Waals surface area contributed by atoms with Crippen molar-refractivity contribution in [3.8, 4) is 0 Å². The van der Waals surface area contributed by atoms with Gasteiger partial charge in [-0.15, -0.1) is 0 Å². The molecule has 1 saturated heterocycles. The summed E-state index contributed by atoms with van der Waals surface area (Å²) in [6.45, 7) is 4.16. The SMILES string of the molecule is CC(C)(c1cccc(Cl)c1)C(OC(=O)NC(CC1CCCCC1)C(=O)NC(C[C@@H]1CCNC1=O)C(=O)C(N)=O)c1ccc(F)cc1. The number of nitrogens with two attached hydrogens (primary N) is 1. The summed E-state index contributed by atoms with van der Waals surface area (Å²) < 4.78 is 19.9. The van der Waals surface area contributed by atoms with E-state index in [1.165, 1.54) is 24.3 Å². The molecule has 1 saturated carbocycles. The Balaban J connectivity index is 1.58. The van der Waals surface area contributed by atoms with Crippen molar-refractivity contribution in [1.29, 1.82) is 0 Å². The van der Waals surface area contributed by atoms with E-state index in [4.69, 9.17) is 22.1 Å². The van der Waals surface area contributed by atoms with Crippen LogP contribution in [0.4, 0.5) is 9.18 Å². The normalized spacial score (nSPS) is 19.0. The maximum absolute atomic E-state index is 13.9. The molecule has 1 aliphatic heterocycles. The van der Waals surface area contributed by atoms with Gasteiger partial charge in [0.05, 0.1) is 6.04 Å². The summed E-state index contributed by atoms with van der Waals surface area (Å²) in [6.07, 6.45) is 3.61. The van der Waals surface area contributed by atoms with Crippen molar-refractivity contribution in [3.63, 3.8) is 0 Å². The Labute approximate surface area is 273 Å². The number of alkyl carbamates (subject to hydrolysis) is 1. The molecule has 4 atom stereocenters. The Morgan fingerprint density at radius 2 is 1.70 bits per heavy atom. The number of amides is 4. The Hall–Kier alpha value is -3.99. The minimum atomic E-state index is -1.33. The van der Waals surface area contributed by atoms with Gasteiger partial charge in [-0.05, 0) is 60.6 Å². The third-order valence-electron chi connectivity index (χ3n) is 9.08. The number of hydrogen-bond donors (Lipinski definition) is 4. The first-order valence-corrected chi connectivity index (χ1v) is 16.1. The monoisotopic (exact) mass is 656 g/mol. The quantitative estimate of drug-likeness (QED) is 0.230. The molecule has 2 aromatic rings. The van der Waals surface area contributed by atoms with Gasteiger partial charge in [0.25, 0.3) is 5.91 Å². The zero-order valence-electron chi connectivity index (χ0n) is 26.2. The highest BCUT2D eigenvalue weighted by Gasteiger charge is 2.39. The van der Waals surface area contributed by atoms with Gasteiger partial charge in [-0.1, -0.05) is 81.8 Å². The Kier molecular flexibility index (Phi) is 11.8. The summed E-state index contributed by atoms with van der Waals surface area (Å²) in [5.74, 6) is -4.11. The molecule has 4 amide bonds. The van der Waals surface area contributed by atoms with E-state index in [9.17, 15) is 28.4 Å². The Morgan fingerprint density at radius 1 is 1.00 bits per heavy atom. The average molecular weight is 657 g/mol. The summed E-state index contributed by atoms with van der Waals surface area (Å²) in [5, 5.41) is 8.48. The van der Waals surface area contributed by atoms with Crippen molar-refractivity contribution >= 4 is 41.2 Å². The van der Waals surface area contributed by atoms with Crippen molar-refractivity contribution in [1.82, 2.24) is 16.0 Å². The number of ether oxygens (including phenoxy) is 1. The predicted molar refractivity (Wildman–Crippen MR) is 170 cm³/mol. The number of halogens is 2. The van der Waals surface area contributed by atoms with Crippen LogP contribution in [0.3, 0.4) is 0 Å².